The zero-order chi connectivity index (χ0) is 12.3. The number of anilines is 2. The Morgan fingerprint density at radius 3 is 3.12 bits per heavy atom. The van der Waals surface area contributed by atoms with Gasteiger partial charge in [-0.1, -0.05) is 0 Å². The Balaban J connectivity index is 1.95. The highest BCUT2D eigenvalue weighted by Gasteiger charge is 2.19. The van der Waals surface area contributed by atoms with Gasteiger partial charge in [-0.3, -0.25) is 4.79 Å². The third kappa shape index (κ3) is 3.44. The van der Waals surface area contributed by atoms with E-state index in [0.29, 0.717) is 17.8 Å². The molecule has 0 aliphatic carbocycles. The Bertz CT molecular complexity index is 417. The van der Waals surface area contributed by atoms with Gasteiger partial charge in [0.2, 0.25) is 5.91 Å². The number of carbonyl (C=O) groups excluding carboxylic acids is 1. The molecule has 1 heterocycles. The third-order valence-electron chi connectivity index (χ3n) is 2.70. The minimum atomic E-state index is -0.0387. The predicted molar refractivity (Wildman–Crippen MR) is 70.8 cm³/mol. The van der Waals surface area contributed by atoms with Crippen molar-refractivity contribution in [2.24, 2.45) is 0 Å². The lowest BCUT2D eigenvalue weighted by molar-refractivity contribution is -0.118. The minimum Gasteiger partial charge on any atom is -0.399 e. The molecule has 1 aromatic rings. The first kappa shape index (κ1) is 12.4. The molecule has 1 amide bonds. The summed E-state index contributed by atoms with van der Waals surface area (Å²) in [5, 5.41) is 2.83. The van der Waals surface area contributed by atoms with Crippen molar-refractivity contribution in [3.05, 3.63) is 22.7 Å². The summed E-state index contributed by atoms with van der Waals surface area (Å²) < 4.78 is 6.24. The van der Waals surface area contributed by atoms with E-state index >= 15 is 0 Å². The predicted octanol–water partition coefficient (Wildman–Crippen LogP) is 2.54. The molecule has 1 aliphatic heterocycles. The van der Waals surface area contributed by atoms with Gasteiger partial charge in [0.05, 0.1) is 18.2 Å². The lowest BCUT2D eigenvalue weighted by atomic mass is 10.1. The molecule has 2 rings (SSSR count). The summed E-state index contributed by atoms with van der Waals surface area (Å²) in [6, 6.07) is 5.33. The fourth-order valence-corrected chi connectivity index (χ4v) is 2.20. The average molecular weight is 299 g/mol. The van der Waals surface area contributed by atoms with E-state index in [-0.39, 0.29) is 12.0 Å². The topological polar surface area (TPSA) is 64.3 Å². The van der Waals surface area contributed by atoms with Crippen LogP contribution in [0.5, 0.6) is 0 Å². The fraction of sp³-hybridized carbons (Fsp3) is 0.417. The molecule has 0 saturated carbocycles. The Labute approximate surface area is 109 Å². The lowest BCUT2D eigenvalue weighted by Gasteiger charge is -2.11. The van der Waals surface area contributed by atoms with Crippen molar-refractivity contribution in [3.63, 3.8) is 0 Å². The van der Waals surface area contributed by atoms with Crippen LogP contribution < -0.4 is 11.1 Å². The number of halogens is 1. The summed E-state index contributed by atoms with van der Waals surface area (Å²) in [5.74, 6) is -0.0387. The van der Waals surface area contributed by atoms with Gasteiger partial charge in [-0.15, -0.1) is 0 Å². The van der Waals surface area contributed by atoms with Crippen LogP contribution in [0.25, 0.3) is 0 Å². The average Bonchev–Trinajstić information content (AvgIpc) is 2.76. The van der Waals surface area contributed by atoms with Crippen LogP contribution in [0.2, 0.25) is 0 Å². The number of amides is 1. The van der Waals surface area contributed by atoms with Crippen LogP contribution in [0.3, 0.4) is 0 Å². The van der Waals surface area contributed by atoms with Crippen molar-refractivity contribution in [2.75, 3.05) is 17.7 Å². The minimum absolute atomic E-state index is 0.0387. The lowest BCUT2D eigenvalue weighted by Crippen LogP contribution is -2.19. The molecule has 0 bridgehead atoms. The van der Waals surface area contributed by atoms with Gasteiger partial charge in [0.15, 0.2) is 0 Å². The van der Waals surface area contributed by atoms with Crippen LogP contribution in [0, 0.1) is 0 Å². The largest absolute Gasteiger partial charge is 0.399 e. The van der Waals surface area contributed by atoms with Gasteiger partial charge in [-0.05, 0) is 47.0 Å². The number of nitrogens with two attached hydrogens (primary N) is 1. The van der Waals surface area contributed by atoms with Crippen molar-refractivity contribution >= 4 is 33.2 Å². The van der Waals surface area contributed by atoms with E-state index < -0.39 is 0 Å². The fourth-order valence-electron chi connectivity index (χ4n) is 1.85. The molecule has 1 unspecified atom stereocenters. The normalized spacial score (nSPS) is 19.2. The van der Waals surface area contributed by atoms with Crippen LogP contribution in [0.15, 0.2) is 22.7 Å². The maximum atomic E-state index is 11.8. The number of rotatable bonds is 3. The van der Waals surface area contributed by atoms with E-state index in [0.717, 1.165) is 23.9 Å². The highest BCUT2D eigenvalue weighted by atomic mass is 79.9. The molecule has 17 heavy (non-hydrogen) atoms. The van der Waals surface area contributed by atoms with Crippen molar-refractivity contribution < 1.29 is 9.53 Å². The number of hydrogen-bond acceptors (Lipinski definition) is 3. The van der Waals surface area contributed by atoms with Gasteiger partial charge in [-0.25, -0.2) is 0 Å². The van der Waals surface area contributed by atoms with E-state index in [9.17, 15) is 4.79 Å². The third-order valence-corrected chi connectivity index (χ3v) is 3.39. The molecular weight excluding hydrogens is 284 g/mol. The molecule has 1 atom stereocenters. The van der Waals surface area contributed by atoms with Gasteiger partial charge in [-0.2, -0.15) is 0 Å². The first-order chi connectivity index (χ1) is 8.15. The summed E-state index contributed by atoms with van der Waals surface area (Å²) in [6.07, 6.45) is 2.47. The molecule has 0 radical (unpaired) electrons. The Morgan fingerprint density at radius 2 is 2.41 bits per heavy atom. The first-order valence-corrected chi connectivity index (χ1v) is 6.41. The second kappa shape index (κ2) is 5.51. The summed E-state index contributed by atoms with van der Waals surface area (Å²) >= 11 is 3.37. The van der Waals surface area contributed by atoms with Crippen molar-refractivity contribution in [2.45, 2.75) is 25.4 Å². The number of carbonyl (C=O) groups is 1. The van der Waals surface area contributed by atoms with E-state index in [4.69, 9.17) is 10.5 Å². The zero-order valence-electron chi connectivity index (χ0n) is 9.41. The standard InChI is InChI=1S/C12H15BrN2O2/c13-10-4-3-8(14)6-11(10)15-12(16)7-9-2-1-5-17-9/h3-4,6,9H,1-2,5,7,14H2,(H,15,16). The second-order valence-electron chi connectivity index (χ2n) is 4.13. The molecule has 0 spiro atoms. The number of ether oxygens (including phenoxy) is 1. The van der Waals surface area contributed by atoms with E-state index in [1.54, 1.807) is 12.1 Å². The van der Waals surface area contributed by atoms with Crippen LogP contribution in [-0.4, -0.2) is 18.6 Å². The highest BCUT2D eigenvalue weighted by molar-refractivity contribution is 9.10. The molecule has 4 nitrogen and oxygen atoms in total. The van der Waals surface area contributed by atoms with E-state index in [1.807, 2.05) is 6.07 Å². The Morgan fingerprint density at radius 1 is 1.59 bits per heavy atom. The van der Waals surface area contributed by atoms with Crippen molar-refractivity contribution in [1.82, 2.24) is 0 Å². The maximum absolute atomic E-state index is 11.8. The van der Waals surface area contributed by atoms with Crippen LogP contribution in [-0.2, 0) is 9.53 Å². The number of nitrogen functional groups attached to an aromatic ring is 1. The number of benzene rings is 1. The van der Waals surface area contributed by atoms with E-state index in [1.165, 1.54) is 0 Å². The van der Waals surface area contributed by atoms with E-state index in [2.05, 4.69) is 21.2 Å². The summed E-state index contributed by atoms with van der Waals surface area (Å²) in [5.41, 5.74) is 7.00. The molecule has 1 aliphatic rings. The van der Waals surface area contributed by atoms with Crippen LogP contribution >= 0.6 is 15.9 Å². The Hall–Kier alpha value is -1.07. The molecular formula is C12H15BrN2O2. The molecule has 5 heteroatoms. The van der Waals surface area contributed by atoms with Crippen LogP contribution in [0.1, 0.15) is 19.3 Å². The molecule has 1 saturated heterocycles. The van der Waals surface area contributed by atoms with Gasteiger partial charge >= 0.3 is 0 Å². The molecule has 92 valence electrons. The quantitative estimate of drug-likeness (QED) is 0.843. The zero-order valence-corrected chi connectivity index (χ0v) is 11.0. The van der Waals surface area contributed by atoms with Crippen molar-refractivity contribution in [3.8, 4) is 0 Å². The highest BCUT2D eigenvalue weighted by Crippen LogP contribution is 2.25. The monoisotopic (exact) mass is 298 g/mol. The summed E-state index contributed by atoms with van der Waals surface area (Å²) in [7, 11) is 0. The van der Waals surface area contributed by atoms with Gasteiger partial charge in [0.25, 0.3) is 0 Å². The van der Waals surface area contributed by atoms with Gasteiger partial charge < -0.3 is 15.8 Å². The number of nitrogens with one attached hydrogen (secondary N) is 1. The van der Waals surface area contributed by atoms with Gasteiger partial charge in [0, 0.05) is 16.8 Å². The smallest absolute Gasteiger partial charge is 0.227 e. The molecule has 0 aromatic heterocycles. The SMILES string of the molecule is Nc1ccc(Br)c(NC(=O)CC2CCCO2)c1. The first-order valence-electron chi connectivity index (χ1n) is 5.61. The molecule has 1 fully saturated rings. The van der Waals surface area contributed by atoms with Gasteiger partial charge in [0.1, 0.15) is 0 Å². The molecule has 1 aromatic carbocycles. The summed E-state index contributed by atoms with van der Waals surface area (Å²) in [4.78, 5) is 11.8. The van der Waals surface area contributed by atoms with Crippen molar-refractivity contribution in [1.29, 1.82) is 0 Å². The van der Waals surface area contributed by atoms with Crippen LogP contribution in [0.4, 0.5) is 11.4 Å². The molecule has 3 N–H and O–H groups in total. The Kier molecular flexibility index (Phi) is 4.02. The summed E-state index contributed by atoms with van der Waals surface area (Å²) in [6.45, 7) is 0.764. The maximum Gasteiger partial charge on any atom is 0.227 e. The second-order valence-corrected chi connectivity index (χ2v) is 4.98. The number of hydrogen-bond donors (Lipinski definition) is 2.